The molecule has 0 aliphatic heterocycles. The molecule has 1 aromatic heterocycles. The van der Waals surface area contributed by atoms with Gasteiger partial charge >= 0.3 is 5.97 Å². The number of hydrogen-bond donors (Lipinski definition) is 3. The second kappa shape index (κ2) is 5.01. The van der Waals surface area contributed by atoms with Gasteiger partial charge in [0.2, 0.25) is 0 Å². The third kappa shape index (κ3) is 2.41. The molecule has 0 bridgehead atoms. The fourth-order valence-corrected chi connectivity index (χ4v) is 1.94. The summed E-state index contributed by atoms with van der Waals surface area (Å²) in [4.78, 5) is 24.3. The van der Waals surface area contributed by atoms with Gasteiger partial charge in [-0.25, -0.2) is 0 Å². The van der Waals surface area contributed by atoms with E-state index in [4.69, 9.17) is 10.8 Å². The number of aldehydes is 1. The largest absolute Gasteiger partial charge is 0.480 e. The van der Waals surface area contributed by atoms with Crippen molar-refractivity contribution in [2.75, 3.05) is 0 Å². The predicted octanol–water partition coefficient (Wildman–Crippen LogP) is 0.864. The van der Waals surface area contributed by atoms with Gasteiger partial charge in [-0.15, -0.1) is 0 Å². The van der Waals surface area contributed by atoms with Crippen molar-refractivity contribution in [3.05, 3.63) is 35.5 Å². The Morgan fingerprint density at radius 1 is 1.50 bits per heavy atom. The number of benzene rings is 1. The van der Waals surface area contributed by atoms with Gasteiger partial charge in [0.25, 0.3) is 0 Å². The molecule has 0 unspecified atom stereocenters. The standard InChI is InChI=1S/C13H14N2O3/c14-11(13(17)18)6-9-7-15-12-2-1-8(3-4-16)5-10(9)12/h1-2,4-5,7,11,15H,3,6,14H2,(H,17,18)/t11-/m0/s1. The number of aromatic amines is 1. The van der Waals surface area contributed by atoms with Crippen molar-refractivity contribution < 1.29 is 14.7 Å². The third-order valence-corrected chi connectivity index (χ3v) is 2.91. The molecule has 5 nitrogen and oxygen atoms in total. The predicted molar refractivity (Wildman–Crippen MR) is 67.4 cm³/mol. The maximum Gasteiger partial charge on any atom is 0.320 e. The van der Waals surface area contributed by atoms with Crippen LogP contribution in [0.3, 0.4) is 0 Å². The first-order valence-electron chi connectivity index (χ1n) is 5.62. The zero-order chi connectivity index (χ0) is 13.1. The zero-order valence-corrected chi connectivity index (χ0v) is 9.72. The van der Waals surface area contributed by atoms with Crippen LogP contribution in [0.4, 0.5) is 0 Å². The molecule has 0 amide bonds. The van der Waals surface area contributed by atoms with E-state index in [1.165, 1.54) is 0 Å². The van der Waals surface area contributed by atoms with Crippen molar-refractivity contribution in [2.24, 2.45) is 5.73 Å². The highest BCUT2D eigenvalue weighted by molar-refractivity contribution is 5.85. The van der Waals surface area contributed by atoms with Crippen molar-refractivity contribution in [3.8, 4) is 0 Å². The van der Waals surface area contributed by atoms with Crippen molar-refractivity contribution in [1.29, 1.82) is 0 Å². The highest BCUT2D eigenvalue weighted by Gasteiger charge is 2.14. The van der Waals surface area contributed by atoms with Crippen LogP contribution in [-0.2, 0) is 22.4 Å². The van der Waals surface area contributed by atoms with Crippen molar-refractivity contribution in [2.45, 2.75) is 18.9 Å². The van der Waals surface area contributed by atoms with Crippen LogP contribution >= 0.6 is 0 Å². The Morgan fingerprint density at radius 2 is 2.28 bits per heavy atom. The Labute approximate surface area is 104 Å². The normalized spacial score (nSPS) is 12.5. The Balaban J connectivity index is 2.35. The molecular weight excluding hydrogens is 232 g/mol. The number of nitrogens with one attached hydrogen (secondary N) is 1. The number of hydrogen-bond acceptors (Lipinski definition) is 3. The van der Waals surface area contributed by atoms with Crippen LogP contribution < -0.4 is 5.73 Å². The molecular formula is C13H14N2O3. The summed E-state index contributed by atoms with van der Waals surface area (Å²) in [5.74, 6) is -1.02. The number of fused-ring (bicyclic) bond motifs is 1. The van der Waals surface area contributed by atoms with Gasteiger partial charge in [0.1, 0.15) is 12.3 Å². The van der Waals surface area contributed by atoms with Gasteiger partial charge in [-0.1, -0.05) is 6.07 Å². The highest BCUT2D eigenvalue weighted by Crippen LogP contribution is 2.21. The summed E-state index contributed by atoms with van der Waals surface area (Å²) in [5.41, 5.74) is 8.20. The number of carboxylic acids is 1. The summed E-state index contributed by atoms with van der Waals surface area (Å²) in [7, 11) is 0. The van der Waals surface area contributed by atoms with Crippen LogP contribution in [0.15, 0.2) is 24.4 Å². The SMILES string of the molecule is N[C@@H](Cc1c[nH]c2ccc(CC=O)cc12)C(=O)O. The van der Waals surface area contributed by atoms with Crippen LogP contribution in [0.5, 0.6) is 0 Å². The van der Waals surface area contributed by atoms with Crippen molar-refractivity contribution in [1.82, 2.24) is 4.98 Å². The molecule has 94 valence electrons. The molecule has 1 aromatic carbocycles. The number of carbonyl (C=O) groups excluding carboxylic acids is 1. The first-order chi connectivity index (χ1) is 8.61. The minimum atomic E-state index is -1.02. The van der Waals surface area contributed by atoms with Gasteiger partial charge in [0.05, 0.1) is 0 Å². The minimum Gasteiger partial charge on any atom is -0.480 e. The van der Waals surface area contributed by atoms with Gasteiger partial charge in [-0.2, -0.15) is 0 Å². The monoisotopic (exact) mass is 246 g/mol. The Bertz CT molecular complexity index is 589. The van der Waals surface area contributed by atoms with E-state index in [0.29, 0.717) is 6.42 Å². The first kappa shape index (κ1) is 12.3. The lowest BCUT2D eigenvalue weighted by Crippen LogP contribution is -2.32. The maximum atomic E-state index is 10.7. The average molecular weight is 246 g/mol. The van der Waals surface area contributed by atoms with Crippen LogP contribution in [0, 0.1) is 0 Å². The molecule has 0 saturated carbocycles. The topological polar surface area (TPSA) is 96.2 Å². The lowest BCUT2D eigenvalue weighted by molar-refractivity contribution is -0.138. The minimum absolute atomic E-state index is 0.264. The van der Waals surface area contributed by atoms with E-state index >= 15 is 0 Å². The van der Waals surface area contributed by atoms with E-state index in [9.17, 15) is 9.59 Å². The number of H-pyrrole nitrogens is 1. The molecule has 0 radical (unpaired) electrons. The quantitative estimate of drug-likeness (QED) is 0.682. The van der Waals surface area contributed by atoms with Gasteiger partial charge in [-0.3, -0.25) is 4.79 Å². The van der Waals surface area contributed by atoms with Gasteiger partial charge in [-0.05, 0) is 23.3 Å². The average Bonchev–Trinajstić information content (AvgIpc) is 2.72. The number of rotatable bonds is 5. The second-order valence-corrected chi connectivity index (χ2v) is 4.21. The Hall–Kier alpha value is -2.14. The lowest BCUT2D eigenvalue weighted by Gasteiger charge is -2.05. The molecule has 1 heterocycles. The van der Waals surface area contributed by atoms with E-state index < -0.39 is 12.0 Å². The molecule has 5 heteroatoms. The molecule has 0 aliphatic rings. The molecule has 2 aromatic rings. The smallest absolute Gasteiger partial charge is 0.320 e. The molecule has 4 N–H and O–H groups in total. The lowest BCUT2D eigenvalue weighted by atomic mass is 10.0. The summed E-state index contributed by atoms with van der Waals surface area (Å²) < 4.78 is 0. The van der Waals surface area contributed by atoms with Crippen LogP contribution in [0.2, 0.25) is 0 Å². The molecule has 2 rings (SSSR count). The van der Waals surface area contributed by atoms with Crippen molar-refractivity contribution >= 4 is 23.2 Å². The number of aliphatic carboxylic acids is 1. The van der Waals surface area contributed by atoms with E-state index in [1.807, 2.05) is 18.2 Å². The molecule has 0 aliphatic carbocycles. The maximum absolute atomic E-state index is 10.7. The van der Waals surface area contributed by atoms with Crippen LogP contribution in [0.1, 0.15) is 11.1 Å². The summed E-state index contributed by atoms with van der Waals surface area (Å²) in [6.07, 6.45) is 3.22. The fraction of sp³-hybridized carbons (Fsp3) is 0.231. The summed E-state index contributed by atoms with van der Waals surface area (Å²) in [5, 5.41) is 9.73. The summed E-state index contributed by atoms with van der Waals surface area (Å²) in [6, 6.07) is 4.72. The molecule has 0 fully saturated rings. The van der Waals surface area contributed by atoms with E-state index in [0.717, 1.165) is 28.3 Å². The van der Waals surface area contributed by atoms with Gasteiger partial charge < -0.3 is 20.6 Å². The van der Waals surface area contributed by atoms with E-state index in [1.54, 1.807) is 6.20 Å². The third-order valence-electron chi connectivity index (χ3n) is 2.91. The number of nitrogens with two attached hydrogens (primary N) is 1. The van der Waals surface area contributed by atoms with Crippen LogP contribution in [-0.4, -0.2) is 28.4 Å². The van der Waals surface area contributed by atoms with Crippen molar-refractivity contribution in [3.63, 3.8) is 0 Å². The van der Waals surface area contributed by atoms with Gasteiger partial charge in [0.15, 0.2) is 0 Å². The van der Waals surface area contributed by atoms with Crippen LogP contribution in [0.25, 0.3) is 10.9 Å². The van der Waals surface area contributed by atoms with E-state index in [-0.39, 0.29) is 6.42 Å². The number of aromatic nitrogens is 1. The van der Waals surface area contributed by atoms with Gasteiger partial charge in [0, 0.05) is 29.9 Å². The number of carbonyl (C=O) groups is 2. The molecule has 0 saturated heterocycles. The molecule has 18 heavy (non-hydrogen) atoms. The zero-order valence-electron chi connectivity index (χ0n) is 9.72. The van der Waals surface area contributed by atoms with E-state index in [2.05, 4.69) is 4.98 Å². The fourth-order valence-electron chi connectivity index (χ4n) is 1.94. The second-order valence-electron chi connectivity index (χ2n) is 4.21. The molecule has 1 atom stereocenters. The summed E-state index contributed by atoms with van der Waals surface area (Å²) >= 11 is 0. The Kier molecular flexibility index (Phi) is 3.43. The Morgan fingerprint density at radius 3 is 2.94 bits per heavy atom. The number of carboxylic acid groups (broad SMARTS) is 1. The highest BCUT2D eigenvalue weighted by atomic mass is 16.4. The molecule has 0 spiro atoms. The first-order valence-corrected chi connectivity index (χ1v) is 5.62. The summed E-state index contributed by atoms with van der Waals surface area (Å²) in [6.45, 7) is 0.